The number of carbonyl (C=O) groups excluding carboxylic acids is 1. The Morgan fingerprint density at radius 1 is 1.44 bits per heavy atom. The van der Waals surface area contributed by atoms with Gasteiger partial charge in [-0.25, -0.2) is 10.5 Å². The molecule has 0 fully saturated rings. The smallest absolute Gasteiger partial charge is 0.271 e. The summed E-state index contributed by atoms with van der Waals surface area (Å²) >= 11 is 0. The van der Waals surface area contributed by atoms with Crippen LogP contribution in [-0.2, 0) is 9.53 Å². The van der Waals surface area contributed by atoms with Crippen LogP contribution in [0.2, 0.25) is 0 Å². The molecule has 0 unspecified atom stereocenters. The van der Waals surface area contributed by atoms with Crippen molar-refractivity contribution in [2.45, 2.75) is 6.04 Å². The Morgan fingerprint density at radius 3 is 2.75 bits per heavy atom. The fourth-order valence-corrected chi connectivity index (χ4v) is 1.34. The first kappa shape index (κ1) is 10.4. The summed E-state index contributed by atoms with van der Waals surface area (Å²) in [6, 6.07) is 5.54. The number of nitrogens with zero attached hydrogens (tertiary/aromatic N) is 1. The number of benzene rings is 1. The van der Waals surface area contributed by atoms with Crippen LogP contribution >= 0.6 is 0 Å². The number of hydrogen-bond acceptors (Lipinski definition) is 5. The molecule has 0 radical (unpaired) electrons. The van der Waals surface area contributed by atoms with E-state index in [1.54, 1.807) is 12.1 Å². The number of aromatic hydroxyl groups is 1. The van der Waals surface area contributed by atoms with Crippen molar-refractivity contribution in [3.8, 4) is 5.75 Å². The highest BCUT2D eigenvalue weighted by Crippen LogP contribution is 2.15. The zero-order valence-corrected chi connectivity index (χ0v) is 8.25. The van der Waals surface area contributed by atoms with Gasteiger partial charge in [0.05, 0.1) is 0 Å². The van der Waals surface area contributed by atoms with Crippen molar-refractivity contribution in [1.29, 1.82) is 0 Å². The molecular formula is C10H10N2O4. The SMILES string of the molecule is O=C(NO)[C@H]1COC(c2ccc(O)cc2)=N1. The predicted octanol–water partition coefficient (Wildman–Crippen LogP) is 0.0430. The van der Waals surface area contributed by atoms with Gasteiger partial charge >= 0.3 is 0 Å². The van der Waals surface area contributed by atoms with Gasteiger partial charge in [-0.1, -0.05) is 0 Å². The van der Waals surface area contributed by atoms with Gasteiger partial charge in [0, 0.05) is 5.56 Å². The van der Waals surface area contributed by atoms with E-state index in [4.69, 9.17) is 15.1 Å². The average Bonchev–Trinajstić information content (AvgIpc) is 2.78. The van der Waals surface area contributed by atoms with Crippen molar-refractivity contribution in [2.24, 2.45) is 4.99 Å². The third kappa shape index (κ3) is 1.96. The summed E-state index contributed by atoms with van der Waals surface area (Å²) < 4.78 is 5.21. The molecule has 2 rings (SSSR count). The molecule has 6 heteroatoms. The highest BCUT2D eigenvalue weighted by molar-refractivity contribution is 5.98. The van der Waals surface area contributed by atoms with Crippen LogP contribution in [0.3, 0.4) is 0 Å². The highest BCUT2D eigenvalue weighted by atomic mass is 16.5. The summed E-state index contributed by atoms with van der Waals surface area (Å²) in [5.74, 6) is -0.130. The molecule has 6 nitrogen and oxygen atoms in total. The van der Waals surface area contributed by atoms with Crippen LogP contribution in [0, 0.1) is 0 Å². The molecule has 1 aliphatic heterocycles. The molecule has 84 valence electrons. The number of nitrogens with one attached hydrogen (secondary N) is 1. The van der Waals surface area contributed by atoms with E-state index in [0.717, 1.165) is 0 Å². The minimum atomic E-state index is -0.728. The Hall–Kier alpha value is -2.08. The largest absolute Gasteiger partial charge is 0.508 e. The molecule has 0 saturated heterocycles. The number of amides is 1. The lowest BCUT2D eigenvalue weighted by Crippen LogP contribution is -2.31. The zero-order chi connectivity index (χ0) is 11.5. The molecule has 1 aromatic rings. The second-order valence-electron chi connectivity index (χ2n) is 3.28. The van der Waals surface area contributed by atoms with Gasteiger partial charge in [-0.15, -0.1) is 0 Å². The second-order valence-corrected chi connectivity index (χ2v) is 3.28. The quantitative estimate of drug-likeness (QED) is 0.486. The van der Waals surface area contributed by atoms with Crippen molar-refractivity contribution in [1.82, 2.24) is 5.48 Å². The normalized spacial score (nSPS) is 18.8. The zero-order valence-electron chi connectivity index (χ0n) is 8.25. The van der Waals surface area contributed by atoms with Gasteiger partial charge in [0.2, 0.25) is 5.90 Å². The summed E-state index contributed by atoms with van der Waals surface area (Å²) in [7, 11) is 0. The molecule has 0 bridgehead atoms. The van der Waals surface area contributed by atoms with E-state index in [1.165, 1.54) is 17.6 Å². The molecule has 1 aromatic carbocycles. The van der Waals surface area contributed by atoms with E-state index in [0.29, 0.717) is 11.5 Å². The van der Waals surface area contributed by atoms with Gasteiger partial charge in [0.15, 0.2) is 6.04 Å². The highest BCUT2D eigenvalue weighted by Gasteiger charge is 2.26. The molecule has 1 atom stereocenters. The molecule has 0 aliphatic carbocycles. The van der Waals surface area contributed by atoms with Crippen LogP contribution in [-0.4, -0.2) is 34.8 Å². The Morgan fingerprint density at radius 2 is 2.12 bits per heavy atom. The molecule has 0 spiro atoms. The third-order valence-corrected chi connectivity index (χ3v) is 2.18. The maximum atomic E-state index is 11.1. The minimum Gasteiger partial charge on any atom is -0.508 e. The summed E-state index contributed by atoms with van der Waals surface area (Å²) in [6.07, 6.45) is 0. The van der Waals surface area contributed by atoms with E-state index < -0.39 is 11.9 Å². The predicted molar refractivity (Wildman–Crippen MR) is 54.3 cm³/mol. The van der Waals surface area contributed by atoms with E-state index in [-0.39, 0.29) is 12.4 Å². The van der Waals surface area contributed by atoms with Gasteiger partial charge in [0.1, 0.15) is 12.4 Å². The third-order valence-electron chi connectivity index (χ3n) is 2.18. The number of ether oxygens (including phenoxy) is 1. The molecule has 1 heterocycles. The Kier molecular flexibility index (Phi) is 2.74. The fraction of sp³-hybridized carbons (Fsp3) is 0.200. The van der Waals surface area contributed by atoms with Gasteiger partial charge in [-0.05, 0) is 24.3 Å². The standard InChI is InChI=1S/C10H10N2O4/c13-7-3-1-6(2-4-7)10-11-8(5-16-10)9(14)12-15/h1-4,8,13,15H,5H2,(H,12,14)/t8-/m1/s1. The van der Waals surface area contributed by atoms with Crippen LogP contribution < -0.4 is 5.48 Å². The maximum Gasteiger partial charge on any atom is 0.271 e. The number of phenolic OH excluding ortho intramolecular Hbond substituents is 1. The number of rotatable bonds is 2. The van der Waals surface area contributed by atoms with E-state index in [2.05, 4.69) is 4.99 Å². The van der Waals surface area contributed by atoms with Gasteiger partial charge in [-0.3, -0.25) is 10.0 Å². The number of phenols is 1. The van der Waals surface area contributed by atoms with Crippen molar-refractivity contribution in [3.63, 3.8) is 0 Å². The van der Waals surface area contributed by atoms with Crippen LogP contribution in [0.25, 0.3) is 0 Å². The molecule has 1 aliphatic rings. The molecule has 1 amide bonds. The summed E-state index contributed by atoms with van der Waals surface area (Å²) in [4.78, 5) is 15.1. The Bertz CT molecular complexity index is 427. The molecule has 0 aromatic heterocycles. The van der Waals surface area contributed by atoms with E-state index in [9.17, 15) is 4.79 Å². The number of hydroxylamine groups is 1. The van der Waals surface area contributed by atoms with Crippen molar-refractivity contribution < 1.29 is 19.8 Å². The van der Waals surface area contributed by atoms with Crippen LogP contribution in [0.1, 0.15) is 5.56 Å². The number of hydrogen-bond donors (Lipinski definition) is 3. The van der Waals surface area contributed by atoms with Crippen molar-refractivity contribution in [3.05, 3.63) is 29.8 Å². The molecule has 16 heavy (non-hydrogen) atoms. The maximum absolute atomic E-state index is 11.1. The minimum absolute atomic E-state index is 0.0998. The van der Waals surface area contributed by atoms with Crippen LogP contribution in [0.5, 0.6) is 5.75 Å². The summed E-state index contributed by atoms with van der Waals surface area (Å²) in [5.41, 5.74) is 2.19. The first-order valence-electron chi connectivity index (χ1n) is 4.64. The van der Waals surface area contributed by atoms with Crippen molar-refractivity contribution in [2.75, 3.05) is 6.61 Å². The molecule has 3 N–H and O–H groups in total. The lowest BCUT2D eigenvalue weighted by atomic mass is 10.2. The first-order valence-corrected chi connectivity index (χ1v) is 4.64. The second kappa shape index (κ2) is 4.19. The average molecular weight is 222 g/mol. The first-order chi connectivity index (χ1) is 7.70. The molecule has 0 saturated carbocycles. The number of aliphatic imine (C=N–C) groups is 1. The summed E-state index contributed by atoms with van der Waals surface area (Å²) in [6.45, 7) is 0.0998. The van der Waals surface area contributed by atoms with Gasteiger partial charge in [-0.2, -0.15) is 0 Å². The fourth-order valence-electron chi connectivity index (χ4n) is 1.34. The van der Waals surface area contributed by atoms with E-state index >= 15 is 0 Å². The van der Waals surface area contributed by atoms with E-state index in [1.807, 2.05) is 0 Å². The topological polar surface area (TPSA) is 91.2 Å². The lowest BCUT2D eigenvalue weighted by Gasteiger charge is -2.00. The van der Waals surface area contributed by atoms with Crippen LogP contribution in [0.4, 0.5) is 0 Å². The summed E-state index contributed by atoms with van der Waals surface area (Å²) in [5, 5.41) is 17.5. The Balaban J connectivity index is 2.17. The van der Waals surface area contributed by atoms with Gasteiger partial charge < -0.3 is 9.84 Å². The van der Waals surface area contributed by atoms with Crippen molar-refractivity contribution >= 4 is 11.8 Å². The van der Waals surface area contributed by atoms with Crippen LogP contribution in [0.15, 0.2) is 29.3 Å². The Labute approximate surface area is 91.1 Å². The molecular weight excluding hydrogens is 212 g/mol. The van der Waals surface area contributed by atoms with Gasteiger partial charge in [0.25, 0.3) is 5.91 Å². The monoisotopic (exact) mass is 222 g/mol. The number of carbonyl (C=O) groups is 1. The lowest BCUT2D eigenvalue weighted by molar-refractivity contribution is -0.130.